The molecule has 0 bridgehead atoms. The number of nitrogens with zero attached hydrogens (tertiary/aromatic N) is 1. The summed E-state index contributed by atoms with van der Waals surface area (Å²) in [5.41, 5.74) is 0.896. The molecule has 5 heteroatoms. The summed E-state index contributed by atoms with van der Waals surface area (Å²) in [5, 5.41) is 8.69. The smallest absolute Gasteiger partial charge is 0.325 e. The van der Waals surface area contributed by atoms with Gasteiger partial charge in [0.05, 0.1) is 12.7 Å². The minimum absolute atomic E-state index is 0.128. The van der Waals surface area contributed by atoms with Crippen LogP contribution < -0.4 is 0 Å². The summed E-state index contributed by atoms with van der Waals surface area (Å²) in [7, 11) is 2.77. The Kier molecular flexibility index (Phi) is 5.58. The fourth-order valence-corrected chi connectivity index (χ4v) is 1.45. The van der Waals surface area contributed by atoms with Crippen LogP contribution in [-0.4, -0.2) is 49.2 Å². The van der Waals surface area contributed by atoms with Gasteiger partial charge in [-0.05, 0) is 12.1 Å². The number of esters is 1. The van der Waals surface area contributed by atoms with Crippen LogP contribution in [0.3, 0.4) is 0 Å². The Bertz CT molecular complexity index is 528. The summed E-state index contributed by atoms with van der Waals surface area (Å²) in [6.07, 6.45) is 0. The average molecular weight is 261 g/mol. The Balaban J connectivity index is 2.96. The molecule has 0 atom stereocenters. The van der Waals surface area contributed by atoms with Gasteiger partial charge >= 0.3 is 5.97 Å². The second kappa shape index (κ2) is 7.19. The highest BCUT2D eigenvalue weighted by Crippen LogP contribution is 2.10. The standard InChI is InChI=1S/C14H15NO4/c1-15(10-13(17)19-2)14(18)12-8-4-3-6-11(12)7-5-9-16/h3-4,6,8,16H,9-10H2,1-2H3. The highest BCUT2D eigenvalue weighted by Gasteiger charge is 2.17. The van der Waals surface area contributed by atoms with Crippen LogP contribution in [0.5, 0.6) is 0 Å². The molecule has 0 aliphatic rings. The molecule has 19 heavy (non-hydrogen) atoms. The van der Waals surface area contributed by atoms with Crippen LogP contribution >= 0.6 is 0 Å². The normalized spacial score (nSPS) is 9.21. The van der Waals surface area contributed by atoms with E-state index in [9.17, 15) is 9.59 Å². The Morgan fingerprint density at radius 3 is 2.68 bits per heavy atom. The quantitative estimate of drug-likeness (QED) is 0.626. The van der Waals surface area contributed by atoms with Gasteiger partial charge in [-0.25, -0.2) is 0 Å². The molecule has 0 spiro atoms. The maximum atomic E-state index is 12.2. The predicted molar refractivity (Wildman–Crippen MR) is 69.4 cm³/mol. The van der Waals surface area contributed by atoms with Crippen LogP contribution in [0.15, 0.2) is 24.3 Å². The number of ether oxygens (including phenoxy) is 1. The van der Waals surface area contributed by atoms with Crippen molar-refractivity contribution in [2.45, 2.75) is 0 Å². The minimum atomic E-state index is -0.491. The van der Waals surface area contributed by atoms with Crippen molar-refractivity contribution in [3.05, 3.63) is 35.4 Å². The highest BCUT2D eigenvalue weighted by atomic mass is 16.5. The van der Waals surface area contributed by atoms with Gasteiger partial charge in [0.1, 0.15) is 13.2 Å². The molecule has 1 amide bonds. The maximum absolute atomic E-state index is 12.2. The van der Waals surface area contributed by atoms with Gasteiger partial charge < -0.3 is 14.7 Å². The fraction of sp³-hybridized carbons (Fsp3) is 0.286. The van der Waals surface area contributed by atoms with E-state index in [2.05, 4.69) is 16.6 Å². The molecule has 100 valence electrons. The molecule has 0 saturated heterocycles. The number of likely N-dealkylation sites (N-methyl/N-ethyl adjacent to an activating group) is 1. The minimum Gasteiger partial charge on any atom is -0.468 e. The summed E-state index contributed by atoms with van der Waals surface area (Å²) in [5.74, 6) is 4.38. The van der Waals surface area contributed by atoms with Gasteiger partial charge in [0.15, 0.2) is 0 Å². The second-order valence-corrected chi connectivity index (χ2v) is 3.74. The molecule has 0 aliphatic carbocycles. The van der Waals surface area contributed by atoms with Gasteiger partial charge in [0.25, 0.3) is 5.91 Å². The fourth-order valence-electron chi connectivity index (χ4n) is 1.45. The molecule has 0 aliphatic heterocycles. The van der Waals surface area contributed by atoms with Gasteiger partial charge in [0.2, 0.25) is 0 Å². The zero-order valence-electron chi connectivity index (χ0n) is 10.8. The van der Waals surface area contributed by atoms with Crippen molar-refractivity contribution < 1.29 is 19.4 Å². The van der Waals surface area contributed by atoms with Gasteiger partial charge in [0, 0.05) is 12.6 Å². The Morgan fingerprint density at radius 1 is 1.37 bits per heavy atom. The van der Waals surface area contributed by atoms with E-state index in [0.717, 1.165) is 0 Å². The number of benzene rings is 1. The molecule has 1 N–H and O–H groups in total. The third kappa shape index (κ3) is 4.12. The van der Waals surface area contributed by atoms with E-state index in [1.807, 2.05) is 0 Å². The van der Waals surface area contributed by atoms with E-state index < -0.39 is 5.97 Å². The monoisotopic (exact) mass is 261 g/mol. The van der Waals surface area contributed by atoms with Crippen molar-refractivity contribution >= 4 is 11.9 Å². The first-order valence-corrected chi connectivity index (χ1v) is 5.61. The van der Waals surface area contributed by atoms with Gasteiger partial charge in [-0.2, -0.15) is 0 Å². The zero-order chi connectivity index (χ0) is 14.3. The van der Waals surface area contributed by atoms with E-state index in [1.165, 1.54) is 19.1 Å². The number of amides is 1. The van der Waals surface area contributed by atoms with Crippen LogP contribution in [0.1, 0.15) is 15.9 Å². The lowest BCUT2D eigenvalue weighted by atomic mass is 10.1. The number of methoxy groups -OCH3 is 1. The number of rotatable bonds is 3. The molecule has 0 saturated carbocycles. The Hall–Kier alpha value is -2.32. The Labute approximate surface area is 111 Å². The summed E-state index contributed by atoms with van der Waals surface area (Å²) < 4.78 is 4.51. The third-order valence-corrected chi connectivity index (χ3v) is 2.40. The lowest BCUT2D eigenvalue weighted by Gasteiger charge is -2.16. The summed E-state index contributed by atoms with van der Waals surface area (Å²) in [6, 6.07) is 6.77. The van der Waals surface area contributed by atoms with Crippen LogP contribution in [-0.2, 0) is 9.53 Å². The number of aliphatic hydroxyl groups excluding tert-OH is 1. The molecule has 1 aromatic rings. The molecule has 1 aromatic carbocycles. The molecular formula is C14H15NO4. The van der Waals surface area contributed by atoms with Crippen LogP contribution in [0.4, 0.5) is 0 Å². The number of carbonyl (C=O) groups excluding carboxylic acids is 2. The van der Waals surface area contributed by atoms with Crippen molar-refractivity contribution in [2.75, 3.05) is 27.3 Å². The molecule has 0 radical (unpaired) electrons. The van der Waals surface area contributed by atoms with E-state index >= 15 is 0 Å². The lowest BCUT2D eigenvalue weighted by Crippen LogP contribution is -2.33. The van der Waals surface area contributed by atoms with Crippen molar-refractivity contribution in [3.8, 4) is 11.8 Å². The van der Waals surface area contributed by atoms with E-state index in [1.54, 1.807) is 24.3 Å². The molecule has 0 fully saturated rings. The Morgan fingerprint density at radius 2 is 2.05 bits per heavy atom. The van der Waals surface area contributed by atoms with Gasteiger partial charge in [-0.1, -0.05) is 24.0 Å². The predicted octanol–water partition coefficient (Wildman–Crippen LogP) is 0.275. The summed E-state index contributed by atoms with van der Waals surface area (Å²) >= 11 is 0. The van der Waals surface area contributed by atoms with E-state index in [0.29, 0.717) is 11.1 Å². The van der Waals surface area contributed by atoms with Crippen molar-refractivity contribution in [1.29, 1.82) is 0 Å². The van der Waals surface area contributed by atoms with Crippen molar-refractivity contribution in [1.82, 2.24) is 4.90 Å². The number of hydrogen-bond acceptors (Lipinski definition) is 4. The highest BCUT2D eigenvalue weighted by molar-refractivity contribution is 5.98. The third-order valence-electron chi connectivity index (χ3n) is 2.40. The number of carbonyl (C=O) groups is 2. The largest absolute Gasteiger partial charge is 0.468 e. The molecular weight excluding hydrogens is 246 g/mol. The molecule has 0 aromatic heterocycles. The topological polar surface area (TPSA) is 66.8 Å². The van der Waals surface area contributed by atoms with Crippen LogP contribution in [0, 0.1) is 11.8 Å². The van der Waals surface area contributed by atoms with Crippen molar-refractivity contribution in [2.24, 2.45) is 0 Å². The first-order chi connectivity index (χ1) is 9.10. The summed E-state index contributed by atoms with van der Waals surface area (Å²) in [4.78, 5) is 24.6. The molecule has 1 rings (SSSR count). The van der Waals surface area contributed by atoms with Gasteiger partial charge in [-0.15, -0.1) is 0 Å². The first kappa shape index (κ1) is 14.7. The van der Waals surface area contributed by atoms with E-state index in [-0.39, 0.29) is 19.1 Å². The number of hydrogen-bond donors (Lipinski definition) is 1. The van der Waals surface area contributed by atoms with E-state index in [4.69, 9.17) is 5.11 Å². The first-order valence-electron chi connectivity index (χ1n) is 5.61. The average Bonchev–Trinajstić information content (AvgIpc) is 2.44. The SMILES string of the molecule is COC(=O)CN(C)C(=O)c1ccccc1C#CCO. The molecule has 0 unspecified atom stereocenters. The summed E-state index contributed by atoms with van der Waals surface area (Å²) in [6.45, 7) is -0.405. The second-order valence-electron chi connectivity index (χ2n) is 3.74. The van der Waals surface area contributed by atoms with Gasteiger partial charge in [-0.3, -0.25) is 9.59 Å². The maximum Gasteiger partial charge on any atom is 0.325 e. The van der Waals surface area contributed by atoms with Crippen LogP contribution in [0.25, 0.3) is 0 Å². The van der Waals surface area contributed by atoms with Crippen LogP contribution in [0.2, 0.25) is 0 Å². The molecule has 0 heterocycles. The zero-order valence-corrected chi connectivity index (χ0v) is 10.8. The van der Waals surface area contributed by atoms with Crippen molar-refractivity contribution in [3.63, 3.8) is 0 Å². The lowest BCUT2D eigenvalue weighted by molar-refractivity contribution is -0.141. The molecule has 5 nitrogen and oxygen atoms in total. The number of aliphatic hydroxyl groups is 1.